The fourth-order valence-electron chi connectivity index (χ4n) is 2.51. The van der Waals surface area contributed by atoms with Gasteiger partial charge in [0.15, 0.2) is 5.58 Å². The maximum absolute atomic E-state index is 11.8. The monoisotopic (exact) mass is 326 g/mol. The number of oxazole rings is 1. The van der Waals surface area contributed by atoms with Crippen molar-refractivity contribution in [1.82, 2.24) is 9.55 Å². The van der Waals surface area contributed by atoms with Crippen LogP contribution in [0.4, 0.5) is 0 Å². The smallest absolute Gasteiger partial charge is 0.419 e. The third-order valence-corrected chi connectivity index (χ3v) is 3.71. The first-order valence-corrected chi connectivity index (χ1v) is 7.87. The van der Waals surface area contributed by atoms with Gasteiger partial charge in [0.2, 0.25) is 0 Å². The number of benzene rings is 1. The summed E-state index contributed by atoms with van der Waals surface area (Å²) in [5.74, 6) is -0.779. The number of para-hydroxylation sites is 2. The second-order valence-electron chi connectivity index (χ2n) is 5.42. The summed E-state index contributed by atoms with van der Waals surface area (Å²) in [6.45, 7) is 0.603. The molecule has 6 nitrogen and oxygen atoms in total. The topological polar surface area (TPSA) is 74.3 Å². The van der Waals surface area contributed by atoms with Gasteiger partial charge in [-0.2, -0.15) is 0 Å². The predicted molar refractivity (Wildman–Crippen MR) is 88.6 cm³/mol. The summed E-state index contributed by atoms with van der Waals surface area (Å²) in [4.78, 5) is 27.7. The number of ether oxygens (including phenoxy) is 1. The van der Waals surface area contributed by atoms with E-state index >= 15 is 0 Å². The molecule has 0 saturated carbocycles. The molecule has 0 saturated heterocycles. The lowest BCUT2D eigenvalue weighted by atomic mass is 10.2. The van der Waals surface area contributed by atoms with Crippen LogP contribution in [0, 0.1) is 0 Å². The quantitative estimate of drug-likeness (QED) is 0.493. The third-order valence-electron chi connectivity index (χ3n) is 3.71. The largest absolute Gasteiger partial charge is 0.466 e. The number of rotatable bonds is 7. The van der Waals surface area contributed by atoms with Crippen LogP contribution in [0.2, 0.25) is 0 Å². The van der Waals surface area contributed by atoms with E-state index in [0.717, 1.165) is 18.4 Å². The summed E-state index contributed by atoms with van der Waals surface area (Å²) >= 11 is 0. The van der Waals surface area contributed by atoms with Gasteiger partial charge in [-0.3, -0.25) is 14.3 Å². The highest BCUT2D eigenvalue weighted by molar-refractivity contribution is 5.73. The predicted octanol–water partition coefficient (Wildman–Crippen LogP) is 2.56. The molecule has 0 aliphatic heterocycles. The molecule has 0 N–H and O–H groups in total. The van der Waals surface area contributed by atoms with E-state index in [1.165, 1.54) is 4.57 Å². The molecule has 2 aromatic heterocycles. The van der Waals surface area contributed by atoms with Crippen LogP contribution in [-0.4, -0.2) is 22.1 Å². The van der Waals surface area contributed by atoms with E-state index in [1.54, 1.807) is 30.6 Å². The lowest BCUT2D eigenvalue weighted by Crippen LogP contribution is -2.17. The summed E-state index contributed by atoms with van der Waals surface area (Å²) in [5.41, 5.74) is 2.32. The first-order valence-electron chi connectivity index (χ1n) is 7.87. The van der Waals surface area contributed by atoms with E-state index in [1.807, 2.05) is 18.2 Å². The molecule has 1 aromatic carbocycles. The van der Waals surface area contributed by atoms with Gasteiger partial charge in [-0.25, -0.2) is 4.79 Å². The number of aryl methyl sites for hydroxylation is 2. The molecule has 0 radical (unpaired) electrons. The van der Waals surface area contributed by atoms with Gasteiger partial charge in [-0.1, -0.05) is 18.2 Å². The van der Waals surface area contributed by atoms with Crippen molar-refractivity contribution in [3.63, 3.8) is 0 Å². The molecule has 0 aliphatic carbocycles. The van der Waals surface area contributed by atoms with E-state index in [0.29, 0.717) is 17.7 Å². The summed E-state index contributed by atoms with van der Waals surface area (Å²) in [5, 5.41) is 0. The van der Waals surface area contributed by atoms with Crippen LogP contribution in [0.25, 0.3) is 11.1 Å². The molecule has 0 bridgehead atoms. The molecule has 0 spiro atoms. The van der Waals surface area contributed by atoms with Crippen LogP contribution in [0.3, 0.4) is 0 Å². The molecule has 0 atom stereocenters. The normalized spacial score (nSPS) is 10.8. The fourth-order valence-corrected chi connectivity index (χ4v) is 2.51. The second kappa shape index (κ2) is 7.59. The van der Waals surface area contributed by atoms with Gasteiger partial charge in [0.1, 0.15) is 0 Å². The number of hydrogen-bond acceptors (Lipinski definition) is 5. The Morgan fingerprint density at radius 1 is 1.21 bits per heavy atom. The maximum atomic E-state index is 11.8. The summed E-state index contributed by atoms with van der Waals surface area (Å²) in [6, 6.07) is 11.0. The zero-order valence-corrected chi connectivity index (χ0v) is 13.2. The van der Waals surface area contributed by atoms with Gasteiger partial charge in [-0.05, 0) is 36.6 Å². The Balaban J connectivity index is 1.45. The molecule has 3 aromatic rings. The first kappa shape index (κ1) is 16.0. The molecule has 0 fully saturated rings. The first-order chi connectivity index (χ1) is 11.7. The van der Waals surface area contributed by atoms with E-state index in [9.17, 15) is 9.59 Å². The Bertz CT molecular complexity index is 867. The molecule has 3 rings (SSSR count). The van der Waals surface area contributed by atoms with Crippen LogP contribution in [-0.2, 0) is 22.5 Å². The lowest BCUT2D eigenvalue weighted by Gasteiger charge is -2.05. The summed E-state index contributed by atoms with van der Waals surface area (Å²) in [6.07, 6.45) is 5.22. The molecular weight excluding hydrogens is 308 g/mol. The van der Waals surface area contributed by atoms with E-state index in [2.05, 4.69) is 4.98 Å². The van der Waals surface area contributed by atoms with Crippen molar-refractivity contribution in [2.45, 2.75) is 25.8 Å². The molecule has 6 heteroatoms. The molecule has 0 aliphatic rings. The lowest BCUT2D eigenvalue weighted by molar-refractivity contribution is -0.144. The van der Waals surface area contributed by atoms with Crippen molar-refractivity contribution in [3.05, 3.63) is 64.9 Å². The van der Waals surface area contributed by atoms with Gasteiger partial charge in [0.25, 0.3) is 0 Å². The number of pyridine rings is 1. The Hall–Kier alpha value is -2.89. The van der Waals surface area contributed by atoms with Crippen LogP contribution in [0.15, 0.2) is 58.0 Å². The minimum absolute atomic E-state index is 0.135. The molecule has 2 heterocycles. The Morgan fingerprint density at radius 3 is 2.92 bits per heavy atom. The highest BCUT2D eigenvalue weighted by Gasteiger charge is 2.10. The van der Waals surface area contributed by atoms with Crippen molar-refractivity contribution in [2.24, 2.45) is 0 Å². The Morgan fingerprint density at radius 2 is 2.08 bits per heavy atom. The Labute approximate surface area is 138 Å². The van der Waals surface area contributed by atoms with Gasteiger partial charge in [0.05, 0.1) is 18.5 Å². The zero-order valence-electron chi connectivity index (χ0n) is 13.2. The van der Waals surface area contributed by atoms with Crippen molar-refractivity contribution in [2.75, 3.05) is 6.61 Å². The van der Waals surface area contributed by atoms with E-state index in [4.69, 9.17) is 9.15 Å². The number of nitrogens with zero attached hydrogens (tertiary/aromatic N) is 2. The maximum Gasteiger partial charge on any atom is 0.419 e. The van der Waals surface area contributed by atoms with Crippen molar-refractivity contribution in [3.8, 4) is 0 Å². The zero-order chi connectivity index (χ0) is 16.8. The number of carbonyl (C=O) groups is 1. The summed E-state index contributed by atoms with van der Waals surface area (Å²) in [7, 11) is 0. The standard InChI is InChI=1S/C18H18N2O4/c21-17(23-12-4-6-14-5-3-10-19-13-14)9-11-20-15-7-1-2-8-16(15)24-18(20)22/h1-3,5,7-8,10,13H,4,6,9,11-12H2. The van der Waals surface area contributed by atoms with Crippen molar-refractivity contribution >= 4 is 17.1 Å². The number of aromatic nitrogens is 2. The molecule has 24 heavy (non-hydrogen) atoms. The van der Waals surface area contributed by atoms with Crippen LogP contribution in [0.1, 0.15) is 18.4 Å². The molecule has 0 unspecified atom stereocenters. The third kappa shape index (κ3) is 3.90. The average molecular weight is 326 g/mol. The average Bonchev–Trinajstić information content (AvgIpc) is 2.93. The second-order valence-corrected chi connectivity index (χ2v) is 5.42. The minimum atomic E-state index is -0.458. The highest BCUT2D eigenvalue weighted by Crippen LogP contribution is 2.12. The van der Waals surface area contributed by atoms with Gasteiger partial charge in [-0.15, -0.1) is 0 Å². The van der Waals surface area contributed by atoms with Gasteiger partial charge in [0, 0.05) is 18.9 Å². The van der Waals surface area contributed by atoms with E-state index < -0.39 is 5.76 Å². The SMILES string of the molecule is O=C(CCn1c(=O)oc2ccccc21)OCCCc1cccnc1. The highest BCUT2D eigenvalue weighted by atomic mass is 16.5. The van der Waals surface area contributed by atoms with Crippen LogP contribution >= 0.6 is 0 Å². The molecular formula is C18H18N2O4. The van der Waals surface area contributed by atoms with Crippen LogP contribution < -0.4 is 5.76 Å². The van der Waals surface area contributed by atoms with Crippen molar-refractivity contribution in [1.29, 1.82) is 0 Å². The van der Waals surface area contributed by atoms with E-state index in [-0.39, 0.29) is 18.9 Å². The van der Waals surface area contributed by atoms with Gasteiger partial charge >= 0.3 is 11.7 Å². The van der Waals surface area contributed by atoms with Crippen LogP contribution in [0.5, 0.6) is 0 Å². The summed E-state index contributed by atoms with van der Waals surface area (Å²) < 4.78 is 11.8. The number of esters is 1. The number of hydrogen-bond donors (Lipinski definition) is 0. The van der Waals surface area contributed by atoms with Gasteiger partial charge < -0.3 is 9.15 Å². The molecule has 0 amide bonds. The molecule has 124 valence electrons. The van der Waals surface area contributed by atoms with Crippen molar-refractivity contribution < 1.29 is 13.9 Å². The fraction of sp³-hybridized carbons (Fsp3) is 0.278. The minimum Gasteiger partial charge on any atom is -0.466 e. The number of carbonyl (C=O) groups excluding carboxylic acids is 1. The Kier molecular flexibility index (Phi) is 5.05. The number of fused-ring (bicyclic) bond motifs is 1.